The van der Waals surface area contributed by atoms with Crippen LogP contribution in [-0.2, 0) is 22.2 Å². The number of anilines is 2. The molecule has 0 saturated carbocycles. The number of aldehydes is 1. The first kappa shape index (κ1) is 26.6. The molecule has 10 heteroatoms. The van der Waals surface area contributed by atoms with Gasteiger partial charge in [0, 0.05) is 29.3 Å². The second-order valence-electron chi connectivity index (χ2n) is 8.88. The van der Waals surface area contributed by atoms with Crippen molar-refractivity contribution in [3.63, 3.8) is 0 Å². The summed E-state index contributed by atoms with van der Waals surface area (Å²) in [7, 11) is 0. The minimum absolute atomic E-state index is 0.0152. The van der Waals surface area contributed by atoms with Gasteiger partial charge in [0.1, 0.15) is 6.29 Å². The summed E-state index contributed by atoms with van der Waals surface area (Å²) in [5.41, 5.74) is 2.79. The number of amides is 3. The zero-order chi connectivity index (χ0) is 27.3. The Morgan fingerprint density at radius 2 is 1.63 bits per heavy atom. The molecule has 7 nitrogen and oxygen atoms in total. The predicted molar refractivity (Wildman–Crippen MR) is 136 cm³/mol. The standard InChI is InChI=1S/C28H24F3N3O4/c29-28(30,31)21-2-1-3-23(16-21)34-27(38)33-22-9-6-17(7-10-22)18-8-11-24-19(14-18)4-5-20(26(24)37)15-25(36)32-12-13-35/h1-3,6-11,13-14,16,20H,4-5,12,15H2,(H,32,36)(H2,33,34,38). The highest BCUT2D eigenvalue weighted by Gasteiger charge is 2.31. The number of rotatable bonds is 7. The third-order valence-corrected chi connectivity index (χ3v) is 6.24. The second-order valence-corrected chi connectivity index (χ2v) is 8.88. The summed E-state index contributed by atoms with van der Waals surface area (Å²) in [6, 6.07) is 16.1. The van der Waals surface area contributed by atoms with Crippen molar-refractivity contribution in [3.8, 4) is 11.1 Å². The molecule has 3 aromatic rings. The minimum Gasteiger partial charge on any atom is -0.349 e. The Kier molecular flexibility index (Phi) is 7.90. The van der Waals surface area contributed by atoms with E-state index >= 15 is 0 Å². The molecule has 1 unspecified atom stereocenters. The van der Waals surface area contributed by atoms with Gasteiger partial charge in [-0.1, -0.05) is 36.4 Å². The molecule has 0 aliphatic heterocycles. The highest BCUT2D eigenvalue weighted by molar-refractivity contribution is 6.02. The highest BCUT2D eigenvalue weighted by Crippen LogP contribution is 2.32. The van der Waals surface area contributed by atoms with E-state index in [1.807, 2.05) is 12.1 Å². The summed E-state index contributed by atoms with van der Waals surface area (Å²) in [6.07, 6.45) is -2.70. The van der Waals surface area contributed by atoms with Crippen molar-refractivity contribution in [2.75, 3.05) is 17.2 Å². The zero-order valence-corrected chi connectivity index (χ0v) is 20.1. The van der Waals surface area contributed by atoms with E-state index in [2.05, 4.69) is 16.0 Å². The molecule has 0 saturated heterocycles. The maximum atomic E-state index is 12.9. The van der Waals surface area contributed by atoms with Crippen LogP contribution in [0.25, 0.3) is 11.1 Å². The number of carbonyl (C=O) groups is 4. The van der Waals surface area contributed by atoms with Crippen LogP contribution in [0.3, 0.4) is 0 Å². The molecule has 196 valence electrons. The lowest BCUT2D eigenvalue weighted by atomic mass is 9.80. The number of ketones is 1. The van der Waals surface area contributed by atoms with Crippen molar-refractivity contribution in [2.45, 2.75) is 25.4 Å². The Bertz CT molecular complexity index is 1370. The zero-order valence-electron chi connectivity index (χ0n) is 20.1. The molecule has 3 amide bonds. The molecule has 0 heterocycles. The molecule has 38 heavy (non-hydrogen) atoms. The fourth-order valence-electron chi connectivity index (χ4n) is 4.36. The van der Waals surface area contributed by atoms with Crippen LogP contribution in [0.5, 0.6) is 0 Å². The van der Waals surface area contributed by atoms with E-state index in [0.717, 1.165) is 28.8 Å². The van der Waals surface area contributed by atoms with Gasteiger partial charge in [0.2, 0.25) is 5.91 Å². The fraction of sp³-hybridized carbons (Fsp3) is 0.214. The molecule has 0 fully saturated rings. The highest BCUT2D eigenvalue weighted by atomic mass is 19.4. The number of fused-ring (bicyclic) bond motifs is 1. The molecule has 3 N–H and O–H groups in total. The average Bonchev–Trinajstić information content (AvgIpc) is 2.89. The number of urea groups is 1. The lowest BCUT2D eigenvalue weighted by molar-refractivity contribution is -0.137. The number of aryl methyl sites for hydroxylation is 1. The van der Waals surface area contributed by atoms with Crippen molar-refractivity contribution in [3.05, 3.63) is 83.4 Å². The number of alkyl halides is 3. The molecule has 0 spiro atoms. The number of hydrogen-bond donors (Lipinski definition) is 3. The molecule has 4 rings (SSSR count). The fourth-order valence-corrected chi connectivity index (χ4v) is 4.36. The Morgan fingerprint density at radius 1 is 0.921 bits per heavy atom. The average molecular weight is 524 g/mol. The Labute approximate surface area is 216 Å². The van der Waals surface area contributed by atoms with E-state index in [9.17, 15) is 32.3 Å². The summed E-state index contributed by atoms with van der Waals surface area (Å²) in [6.45, 7) is -0.0749. The number of nitrogens with one attached hydrogen (secondary N) is 3. The third-order valence-electron chi connectivity index (χ3n) is 6.24. The van der Waals surface area contributed by atoms with Gasteiger partial charge >= 0.3 is 12.2 Å². The van der Waals surface area contributed by atoms with Gasteiger partial charge in [-0.05, 0) is 59.9 Å². The van der Waals surface area contributed by atoms with Crippen LogP contribution in [0, 0.1) is 5.92 Å². The molecule has 1 aliphatic carbocycles. The Hall–Kier alpha value is -4.47. The normalized spacial score (nSPS) is 14.8. The van der Waals surface area contributed by atoms with Crippen LogP contribution < -0.4 is 16.0 Å². The van der Waals surface area contributed by atoms with Crippen molar-refractivity contribution in [1.82, 2.24) is 5.32 Å². The molecule has 0 radical (unpaired) electrons. The van der Waals surface area contributed by atoms with Gasteiger partial charge in [-0.2, -0.15) is 13.2 Å². The third kappa shape index (κ3) is 6.44. The van der Waals surface area contributed by atoms with Crippen LogP contribution in [0.1, 0.15) is 34.3 Å². The van der Waals surface area contributed by atoms with Crippen LogP contribution in [0.4, 0.5) is 29.3 Å². The first-order chi connectivity index (χ1) is 18.1. The van der Waals surface area contributed by atoms with Crippen LogP contribution in [-0.4, -0.2) is 30.6 Å². The van der Waals surface area contributed by atoms with Crippen LogP contribution in [0.15, 0.2) is 66.7 Å². The number of halogens is 3. The van der Waals surface area contributed by atoms with E-state index in [4.69, 9.17) is 0 Å². The molecule has 0 bridgehead atoms. The molecular weight excluding hydrogens is 499 g/mol. The van der Waals surface area contributed by atoms with Crippen molar-refractivity contribution in [2.24, 2.45) is 5.92 Å². The number of benzene rings is 3. The van der Waals surface area contributed by atoms with Crippen LogP contribution >= 0.6 is 0 Å². The summed E-state index contributed by atoms with van der Waals surface area (Å²) in [5.74, 6) is -0.842. The predicted octanol–water partition coefficient (Wildman–Crippen LogP) is 5.47. The van der Waals surface area contributed by atoms with Crippen molar-refractivity contribution < 1.29 is 32.3 Å². The van der Waals surface area contributed by atoms with Gasteiger partial charge in [-0.25, -0.2) is 4.79 Å². The SMILES string of the molecule is O=CCNC(=O)CC1CCc2cc(-c3ccc(NC(=O)Nc4cccc(C(F)(F)F)c4)cc3)ccc2C1=O. The van der Waals surface area contributed by atoms with E-state index in [1.54, 1.807) is 30.3 Å². The lowest BCUT2D eigenvalue weighted by Crippen LogP contribution is -2.31. The first-order valence-corrected chi connectivity index (χ1v) is 11.9. The minimum atomic E-state index is -4.51. The van der Waals surface area contributed by atoms with E-state index in [1.165, 1.54) is 12.1 Å². The van der Waals surface area contributed by atoms with Crippen molar-refractivity contribution in [1.29, 1.82) is 0 Å². The van der Waals surface area contributed by atoms with Gasteiger partial charge in [-0.15, -0.1) is 0 Å². The second kappa shape index (κ2) is 11.3. The van der Waals surface area contributed by atoms with Crippen molar-refractivity contribution >= 4 is 35.4 Å². The van der Waals surface area contributed by atoms with Gasteiger partial charge in [0.05, 0.1) is 12.1 Å². The Balaban J connectivity index is 1.39. The first-order valence-electron chi connectivity index (χ1n) is 11.9. The van der Waals surface area contributed by atoms with E-state index < -0.39 is 23.7 Å². The summed E-state index contributed by atoms with van der Waals surface area (Å²) < 4.78 is 38.6. The number of carbonyl (C=O) groups excluding carboxylic acids is 4. The van der Waals surface area contributed by atoms with E-state index in [-0.39, 0.29) is 30.3 Å². The topological polar surface area (TPSA) is 104 Å². The largest absolute Gasteiger partial charge is 0.416 e. The summed E-state index contributed by atoms with van der Waals surface area (Å²) in [4.78, 5) is 47.5. The maximum Gasteiger partial charge on any atom is 0.416 e. The van der Waals surface area contributed by atoms with Gasteiger partial charge in [0.25, 0.3) is 0 Å². The number of Topliss-reactive ketones (excluding diaryl/α,β-unsaturated/α-hetero) is 1. The molecular formula is C28H24F3N3O4. The van der Waals surface area contributed by atoms with Gasteiger partial charge < -0.3 is 20.7 Å². The molecule has 1 atom stereocenters. The monoisotopic (exact) mass is 523 g/mol. The maximum absolute atomic E-state index is 12.9. The smallest absolute Gasteiger partial charge is 0.349 e. The van der Waals surface area contributed by atoms with E-state index in [0.29, 0.717) is 30.4 Å². The summed E-state index contributed by atoms with van der Waals surface area (Å²) in [5, 5.41) is 7.44. The summed E-state index contributed by atoms with van der Waals surface area (Å²) >= 11 is 0. The lowest BCUT2D eigenvalue weighted by Gasteiger charge is -2.23. The van der Waals surface area contributed by atoms with Gasteiger partial charge in [0.15, 0.2) is 5.78 Å². The molecule has 0 aromatic heterocycles. The molecule has 3 aromatic carbocycles. The van der Waals surface area contributed by atoms with Crippen LogP contribution in [0.2, 0.25) is 0 Å². The quantitative estimate of drug-likeness (QED) is 0.358. The molecule has 1 aliphatic rings. The van der Waals surface area contributed by atoms with Gasteiger partial charge in [-0.3, -0.25) is 9.59 Å². The Morgan fingerprint density at radius 3 is 2.34 bits per heavy atom. The number of hydrogen-bond acceptors (Lipinski definition) is 4.